The van der Waals surface area contributed by atoms with E-state index in [2.05, 4.69) is 4.99 Å². The summed E-state index contributed by atoms with van der Waals surface area (Å²) in [6, 6.07) is 15.2. The molecule has 1 heterocycles. The van der Waals surface area contributed by atoms with Crippen molar-refractivity contribution in [1.29, 1.82) is 0 Å². The molecule has 1 aromatic heterocycles. The maximum absolute atomic E-state index is 12.5. The number of methoxy groups -OCH3 is 1. The number of fused-ring (bicyclic) bond motifs is 1. The van der Waals surface area contributed by atoms with E-state index < -0.39 is 5.97 Å². The number of amides is 1. The Morgan fingerprint density at radius 1 is 1.14 bits per heavy atom. The molecule has 0 N–H and O–H groups in total. The Bertz CT molecular complexity index is 1050. The van der Waals surface area contributed by atoms with Gasteiger partial charge in [-0.3, -0.25) is 4.79 Å². The van der Waals surface area contributed by atoms with Crippen LogP contribution in [0.3, 0.4) is 0 Å². The fraction of sp³-hybridized carbons (Fsp3) is 0.318. The zero-order valence-corrected chi connectivity index (χ0v) is 17.4. The molecule has 7 heteroatoms. The monoisotopic (exact) mass is 412 g/mol. The van der Waals surface area contributed by atoms with Gasteiger partial charge in [-0.25, -0.2) is 4.79 Å². The van der Waals surface area contributed by atoms with E-state index in [1.165, 1.54) is 18.4 Å². The minimum absolute atomic E-state index is 0.168. The van der Waals surface area contributed by atoms with Crippen molar-refractivity contribution in [2.24, 2.45) is 4.99 Å². The lowest BCUT2D eigenvalue weighted by Crippen LogP contribution is -2.19. The van der Waals surface area contributed by atoms with Crippen molar-refractivity contribution in [1.82, 2.24) is 4.57 Å². The largest absolute Gasteiger partial charge is 0.465 e. The van der Waals surface area contributed by atoms with Crippen LogP contribution in [0.25, 0.3) is 10.2 Å². The van der Waals surface area contributed by atoms with Crippen molar-refractivity contribution in [2.75, 3.05) is 20.3 Å². The first-order valence-electron chi connectivity index (χ1n) is 9.53. The second-order valence-electron chi connectivity index (χ2n) is 6.40. The van der Waals surface area contributed by atoms with Crippen molar-refractivity contribution in [3.63, 3.8) is 0 Å². The fourth-order valence-corrected chi connectivity index (χ4v) is 4.09. The first-order chi connectivity index (χ1) is 14.1. The Morgan fingerprint density at radius 3 is 2.66 bits per heavy atom. The van der Waals surface area contributed by atoms with Gasteiger partial charge < -0.3 is 14.0 Å². The minimum Gasteiger partial charge on any atom is -0.465 e. The smallest absolute Gasteiger partial charge is 0.337 e. The number of aryl methyl sites for hydroxylation is 1. The van der Waals surface area contributed by atoms with Crippen LogP contribution in [0.5, 0.6) is 0 Å². The molecule has 0 saturated heterocycles. The Balaban J connectivity index is 1.90. The summed E-state index contributed by atoms with van der Waals surface area (Å²) < 4.78 is 13.1. The summed E-state index contributed by atoms with van der Waals surface area (Å²) in [4.78, 5) is 29.3. The van der Waals surface area contributed by atoms with Gasteiger partial charge in [0, 0.05) is 19.6 Å². The van der Waals surface area contributed by atoms with E-state index in [4.69, 9.17) is 9.47 Å². The summed E-state index contributed by atoms with van der Waals surface area (Å²) in [5, 5.41) is 0. The first kappa shape index (κ1) is 21.0. The van der Waals surface area contributed by atoms with Crippen molar-refractivity contribution in [3.05, 3.63) is 64.5 Å². The van der Waals surface area contributed by atoms with E-state index in [0.717, 1.165) is 15.8 Å². The molecule has 0 atom stereocenters. The molecular weight excluding hydrogens is 388 g/mol. The number of ether oxygens (including phenoxy) is 2. The van der Waals surface area contributed by atoms with Crippen LogP contribution in [0.15, 0.2) is 53.5 Å². The number of benzene rings is 2. The summed E-state index contributed by atoms with van der Waals surface area (Å²) in [6.07, 6.45) is 0.997. The third kappa shape index (κ3) is 5.40. The molecule has 0 spiro atoms. The van der Waals surface area contributed by atoms with Crippen molar-refractivity contribution in [3.8, 4) is 0 Å². The number of hydrogen-bond acceptors (Lipinski definition) is 5. The number of carbonyl (C=O) groups is 2. The van der Waals surface area contributed by atoms with Crippen LogP contribution in [0.2, 0.25) is 0 Å². The Kier molecular flexibility index (Phi) is 7.32. The maximum Gasteiger partial charge on any atom is 0.337 e. The molecule has 0 radical (unpaired) electrons. The maximum atomic E-state index is 12.5. The molecule has 2 aromatic carbocycles. The lowest BCUT2D eigenvalue weighted by molar-refractivity contribution is -0.118. The zero-order chi connectivity index (χ0) is 20.6. The van der Waals surface area contributed by atoms with Gasteiger partial charge in [0.2, 0.25) is 5.91 Å². The van der Waals surface area contributed by atoms with Crippen LogP contribution < -0.4 is 4.80 Å². The molecule has 0 unspecified atom stereocenters. The summed E-state index contributed by atoms with van der Waals surface area (Å²) >= 11 is 1.39. The second kappa shape index (κ2) is 10.1. The standard InChI is InChI=1S/C22H24N2O4S/c1-3-28-14-13-24-18-11-10-17(21(26)27-2)15-19(18)29-22(24)23-20(25)12-9-16-7-5-4-6-8-16/h4-8,10-11,15H,3,9,12-14H2,1-2H3. The van der Waals surface area contributed by atoms with E-state index in [0.29, 0.717) is 43.0 Å². The number of thiazole rings is 1. The van der Waals surface area contributed by atoms with Gasteiger partial charge in [-0.2, -0.15) is 4.99 Å². The number of nitrogens with zero attached hydrogens (tertiary/aromatic N) is 2. The van der Waals surface area contributed by atoms with Crippen molar-refractivity contribution >= 4 is 33.4 Å². The molecule has 3 rings (SSSR count). The Hall–Kier alpha value is -2.77. The van der Waals surface area contributed by atoms with Crippen LogP contribution >= 0.6 is 11.3 Å². The van der Waals surface area contributed by atoms with Gasteiger partial charge in [0.05, 0.1) is 29.5 Å². The third-order valence-corrected chi connectivity index (χ3v) is 5.50. The molecule has 0 aliphatic heterocycles. The molecule has 0 saturated carbocycles. The molecule has 0 bridgehead atoms. The fourth-order valence-electron chi connectivity index (χ4n) is 2.98. The van der Waals surface area contributed by atoms with E-state index in [1.807, 2.05) is 47.9 Å². The van der Waals surface area contributed by atoms with Gasteiger partial charge in [0.25, 0.3) is 0 Å². The van der Waals surface area contributed by atoms with Gasteiger partial charge in [0.15, 0.2) is 4.80 Å². The summed E-state index contributed by atoms with van der Waals surface area (Å²) in [5.41, 5.74) is 2.50. The number of aromatic nitrogens is 1. The van der Waals surface area contributed by atoms with E-state index in [-0.39, 0.29) is 5.91 Å². The molecular formula is C22H24N2O4S. The number of rotatable bonds is 8. The molecule has 0 aliphatic rings. The van der Waals surface area contributed by atoms with E-state index >= 15 is 0 Å². The van der Waals surface area contributed by atoms with Crippen molar-refractivity contribution < 1.29 is 19.1 Å². The Labute approximate surface area is 173 Å². The average Bonchev–Trinajstić information content (AvgIpc) is 3.08. The first-order valence-corrected chi connectivity index (χ1v) is 10.3. The quantitative estimate of drug-likeness (QED) is 0.419. The van der Waals surface area contributed by atoms with Gasteiger partial charge in [0.1, 0.15) is 0 Å². The van der Waals surface area contributed by atoms with Crippen LogP contribution in [0.1, 0.15) is 29.3 Å². The van der Waals surface area contributed by atoms with Crippen LogP contribution in [-0.2, 0) is 27.2 Å². The molecule has 6 nitrogen and oxygen atoms in total. The normalized spacial score (nSPS) is 11.7. The predicted octanol–water partition coefficient (Wildman–Crippen LogP) is 3.59. The summed E-state index contributed by atoms with van der Waals surface area (Å²) in [6.45, 7) is 3.66. The van der Waals surface area contributed by atoms with Gasteiger partial charge >= 0.3 is 5.97 Å². The highest BCUT2D eigenvalue weighted by atomic mass is 32.1. The van der Waals surface area contributed by atoms with Gasteiger partial charge in [-0.1, -0.05) is 41.7 Å². The predicted molar refractivity (Wildman–Crippen MR) is 113 cm³/mol. The Morgan fingerprint density at radius 2 is 1.93 bits per heavy atom. The molecule has 3 aromatic rings. The highest BCUT2D eigenvalue weighted by Gasteiger charge is 2.12. The summed E-state index contributed by atoms with van der Waals surface area (Å²) in [7, 11) is 1.36. The van der Waals surface area contributed by atoms with Crippen LogP contribution in [0.4, 0.5) is 0 Å². The molecule has 29 heavy (non-hydrogen) atoms. The van der Waals surface area contributed by atoms with Crippen molar-refractivity contribution in [2.45, 2.75) is 26.3 Å². The van der Waals surface area contributed by atoms with Crippen LogP contribution in [0, 0.1) is 0 Å². The number of esters is 1. The van der Waals surface area contributed by atoms with Gasteiger partial charge in [-0.15, -0.1) is 0 Å². The van der Waals surface area contributed by atoms with E-state index in [1.54, 1.807) is 12.1 Å². The minimum atomic E-state index is -0.390. The van der Waals surface area contributed by atoms with Gasteiger partial charge in [-0.05, 0) is 37.1 Å². The lowest BCUT2D eigenvalue weighted by atomic mass is 10.1. The third-order valence-electron chi connectivity index (χ3n) is 4.46. The summed E-state index contributed by atoms with van der Waals surface area (Å²) in [5.74, 6) is -0.558. The number of hydrogen-bond donors (Lipinski definition) is 0. The highest BCUT2D eigenvalue weighted by Crippen LogP contribution is 2.20. The van der Waals surface area contributed by atoms with E-state index in [9.17, 15) is 9.59 Å². The number of carbonyl (C=O) groups excluding carboxylic acids is 2. The average molecular weight is 413 g/mol. The zero-order valence-electron chi connectivity index (χ0n) is 16.6. The lowest BCUT2D eigenvalue weighted by Gasteiger charge is -2.06. The SMILES string of the molecule is CCOCCn1c(=NC(=O)CCc2ccccc2)sc2cc(C(=O)OC)ccc21. The molecule has 0 aliphatic carbocycles. The highest BCUT2D eigenvalue weighted by molar-refractivity contribution is 7.16. The molecule has 0 fully saturated rings. The molecule has 1 amide bonds. The van der Waals surface area contributed by atoms with Crippen LogP contribution in [-0.4, -0.2) is 36.8 Å². The topological polar surface area (TPSA) is 69.9 Å². The second-order valence-corrected chi connectivity index (χ2v) is 7.41. The molecule has 152 valence electrons.